The first kappa shape index (κ1) is 14.5. The van der Waals surface area contributed by atoms with Gasteiger partial charge in [-0.25, -0.2) is 0 Å². The Morgan fingerprint density at radius 3 is 2.40 bits per heavy atom. The van der Waals surface area contributed by atoms with E-state index in [4.69, 9.17) is 10.5 Å². The van der Waals surface area contributed by atoms with Crippen LogP contribution in [0.3, 0.4) is 0 Å². The quantitative estimate of drug-likeness (QED) is 0.531. The third-order valence-electron chi connectivity index (χ3n) is 2.07. The van der Waals surface area contributed by atoms with Gasteiger partial charge in [0, 0.05) is 5.69 Å². The van der Waals surface area contributed by atoms with Crippen molar-refractivity contribution in [3.05, 3.63) is 24.3 Å². The fourth-order valence-electron chi connectivity index (χ4n) is 1.01. The van der Waals surface area contributed by atoms with Crippen molar-refractivity contribution in [2.45, 2.75) is 6.92 Å². The summed E-state index contributed by atoms with van der Waals surface area (Å²) in [6.07, 6.45) is 2.27. The van der Waals surface area contributed by atoms with Gasteiger partial charge in [0.1, 0.15) is 23.9 Å². The fourth-order valence-corrected chi connectivity index (χ4v) is 1.67. The van der Waals surface area contributed by atoms with Crippen LogP contribution in [-0.4, -0.2) is 24.4 Å². The summed E-state index contributed by atoms with van der Waals surface area (Å²) >= 11 is 0. The molecule has 0 radical (unpaired) electrons. The number of halogens is 1. The summed E-state index contributed by atoms with van der Waals surface area (Å²) in [5.74, 6) is 3.29. The van der Waals surface area contributed by atoms with Gasteiger partial charge in [-0.1, -0.05) is 0 Å². The van der Waals surface area contributed by atoms with Crippen molar-refractivity contribution < 1.29 is 17.1 Å². The molecule has 4 heteroatoms. The van der Waals surface area contributed by atoms with Crippen LogP contribution in [0, 0.1) is 0 Å². The van der Waals surface area contributed by atoms with Crippen molar-refractivity contribution in [1.82, 2.24) is 0 Å². The lowest BCUT2D eigenvalue weighted by molar-refractivity contribution is -0.00000354. The first-order valence-electron chi connectivity index (χ1n) is 4.80. The molecule has 15 heavy (non-hydrogen) atoms. The highest BCUT2D eigenvalue weighted by Gasteiger charge is 2.06. The Hall–Kier alpha value is -0.540. The van der Waals surface area contributed by atoms with E-state index in [-0.39, 0.29) is 12.4 Å². The highest BCUT2D eigenvalue weighted by Crippen LogP contribution is 2.12. The molecule has 0 saturated carbocycles. The zero-order chi connectivity index (χ0) is 10.4. The molecule has 0 aromatic heterocycles. The molecular formula is C11H18ClNOS. The predicted molar refractivity (Wildman–Crippen MR) is 65.0 cm³/mol. The number of anilines is 1. The van der Waals surface area contributed by atoms with Crippen molar-refractivity contribution >= 4 is 16.6 Å². The molecule has 86 valence electrons. The zero-order valence-electron chi connectivity index (χ0n) is 9.20. The first-order chi connectivity index (χ1) is 6.72. The monoisotopic (exact) mass is 247 g/mol. The van der Waals surface area contributed by atoms with Gasteiger partial charge in [-0.15, -0.1) is 0 Å². The van der Waals surface area contributed by atoms with Crippen LogP contribution in [0.2, 0.25) is 0 Å². The molecule has 0 aliphatic heterocycles. The molecule has 2 N–H and O–H groups in total. The highest BCUT2D eigenvalue weighted by atomic mass is 35.5. The lowest BCUT2D eigenvalue weighted by Gasteiger charge is -2.05. The molecule has 1 aromatic rings. The Morgan fingerprint density at radius 2 is 1.87 bits per heavy atom. The van der Waals surface area contributed by atoms with Gasteiger partial charge in [-0.3, -0.25) is 0 Å². The van der Waals surface area contributed by atoms with Crippen LogP contribution in [0.1, 0.15) is 6.92 Å². The van der Waals surface area contributed by atoms with Crippen molar-refractivity contribution in [2.24, 2.45) is 0 Å². The van der Waals surface area contributed by atoms with Crippen molar-refractivity contribution in [2.75, 3.05) is 30.1 Å². The van der Waals surface area contributed by atoms with Crippen LogP contribution in [0.4, 0.5) is 5.69 Å². The Morgan fingerprint density at radius 1 is 1.27 bits per heavy atom. The van der Waals surface area contributed by atoms with Crippen molar-refractivity contribution in [3.63, 3.8) is 0 Å². The Kier molecular flexibility index (Phi) is 7.44. The third-order valence-corrected chi connectivity index (χ3v) is 3.92. The number of nitrogen functional groups attached to an aromatic ring is 1. The molecule has 0 spiro atoms. The van der Waals surface area contributed by atoms with E-state index < -0.39 is 0 Å². The van der Waals surface area contributed by atoms with Gasteiger partial charge in [0.25, 0.3) is 0 Å². The van der Waals surface area contributed by atoms with E-state index in [0.717, 1.165) is 23.8 Å². The maximum atomic E-state index is 5.58. The van der Waals surface area contributed by atoms with E-state index in [9.17, 15) is 0 Å². The number of nitrogens with two attached hydrogens (primary N) is 1. The fraction of sp³-hybridized carbons (Fsp3) is 0.455. The summed E-state index contributed by atoms with van der Waals surface area (Å²) in [5.41, 5.74) is 6.35. The lowest BCUT2D eigenvalue weighted by Crippen LogP contribution is -3.00. The molecule has 1 rings (SSSR count). The van der Waals surface area contributed by atoms with Gasteiger partial charge >= 0.3 is 0 Å². The SMILES string of the molecule is CC[S+](C)CCOc1ccc(N)cc1.[Cl-]. The summed E-state index contributed by atoms with van der Waals surface area (Å²) in [6, 6.07) is 7.55. The molecule has 0 amide bonds. The minimum absolute atomic E-state index is 0. The molecule has 0 aliphatic carbocycles. The molecule has 0 aliphatic rings. The minimum Gasteiger partial charge on any atom is -1.00 e. The maximum Gasteiger partial charge on any atom is 0.141 e. The van der Waals surface area contributed by atoms with Crippen LogP contribution in [0.25, 0.3) is 0 Å². The van der Waals surface area contributed by atoms with Gasteiger partial charge in [0.2, 0.25) is 0 Å². The number of ether oxygens (including phenoxy) is 1. The van der Waals surface area contributed by atoms with Crippen molar-refractivity contribution in [3.8, 4) is 5.75 Å². The van der Waals surface area contributed by atoms with Gasteiger partial charge in [0.05, 0.1) is 6.26 Å². The van der Waals surface area contributed by atoms with Crippen LogP contribution in [0.15, 0.2) is 24.3 Å². The second-order valence-corrected chi connectivity index (χ2v) is 5.74. The van der Waals surface area contributed by atoms with E-state index >= 15 is 0 Å². The third kappa shape index (κ3) is 5.80. The largest absolute Gasteiger partial charge is 1.00 e. The van der Waals surface area contributed by atoms with Gasteiger partial charge in [0.15, 0.2) is 0 Å². The van der Waals surface area contributed by atoms with Gasteiger partial charge in [-0.2, -0.15) is 0 Å². The smallest absolute Gasteiger partial charge is 0.141 e. The number of rotatable bonds is 5. The van der Waals surface area contributed by atoms with E-state index in [2.05, 4.69) is 13.2 Å². The highest BCUT2D eigenvalue weighted by molar-refractivity contribution is 7.96. The van der Waals surface area contributed by atoms with Crippen molar-refractivity contribution in [1.29, 1.82) is 0 Å². The zero-order valence-corrected chi connectivity index (χ0v) is 10.8. The van der Waals surface area contributed by atoms with Crippen LogP contribution < -0.4 is 22.9 Å². The van der Waals surface area contributed by atoms with Crippen LogP contribution in [-0.2, 0) is 10.9 Å². The average Bonchev–Trinajstić information content (AvgIpc) is 2.21. The predicted octanol–water partition coefficient (Wildman–Crippen LogP) is -1.08. The standard InChI is InChI=1S/C11H18NOS.ClH/c1-3-14(2)9-8-13-11-6-4-10(12)5-7-11;/h4-7H,3,8-9,12H2,1-2H3;1H/q+1;/p-1. The van der Waals surface area contributed by atoms with Crippen LogP contribution in [0.5, 0.6) is 5.75 Å². The maximum absolute atomic E-state index is 5.58. The second-order valence-electron chi connectivity index (χ2n) is 3.19. The number of hydrogen-bond donors (Lipinski definition) is 1. The van der Waals surface area contributed by atoms with Gasteiger partial charge in [-0.05, 0) is 42.1 Å². The molecule has 0 saturated heterocycles. The normalized spacial score (nSPS) is 11.6. The molecule has 1 atom stereocenters. The van der Waals surface area contributed by atoms with E-state index in [0.29, 0.717) is 10.9 Å². The first-order valence-corrected chi connectivity index (χ1v) is 6.77. The van der Waals surface area contributed by atoms with Crippen LogP contribution >= 0.6 is 0 Å². The summed E-state index contributed by atoms with van der Waals surface area (Å²) in [4.78, 5) is 0. The topological polar surface area (TPSA) is 35.2 Å². The molecule has 2 nitrogen and oxygen atoms in total. The number of benzene rings is 1. The molecule has 0 bridgehead atoms. The molecule has 1 aromatic carbocycles. The summed E-state index contributed by atoms with van der Waals surface area (Å²) in [6.45, 7) is 3.02. The lowest BCUT2D eigenvalue weighted by atomic mass is 10.3. The summed E-state index contributed by atoms with van der Waals surface area (Å²) < 4.78 is 5.58. The Bertz CT molecular complexity index is 266. The Balaban J connectivity index is 0.00000196. The van der Waals surface area contributed by atoms with E-state index in [1.165, 1.54) is 5.75 Å². The average molecular weight is 248 g/mol. The van der Waals surface area contributed by atoms with Gasteiger partial charge < -0.3 is 22.9 Å². The number of hydrogen-bond acceptors (Lipinski definition) is 2. The minimum atomic E-state index is 0. The Labute approximate surface area is 101 Å². The molecular weight excluding hydrogens is 230 g/mol. The van der Waals surface area contributed by atoms with E-state index in [1.807, 2.05) is 24.3 Å². The second kappa shape index (κ2) is 7.71. The molecule has 0 fully saturated rings. The molecule has 0 heterocycles. The van der Waals surface area contributed by atoms with E-state index in [1.54, 1.807) is 0 Å². The molecule has 1 unspecified atom stereocenters. The summed E-state index contributed by atoms with van der Waals surface area (Å²) in [5, 5.41) is 0. The summed E-state index contributed by atoms with van der Waals surface area (Å²) in [7, 11) is 0.495.